The predicted octanol–water partition coefficient (Wildman–Crippen LogP) is 3.00. The average molecular weight is 319 g/mol. The quantitative estimate of drug-likeness (QED) is 0.531. The molecule has 0 fully saturated rings. The molecular weight excluding hydrogens is 294 g/mol. The first kappa shape index (κ1) is 18.9. The van der Waals surface area contributed by atoms with Crippen LogP contribution in [0.3, 0.4) is 0 Å². The summed E-state index contributed by atoms with van der Waals surface area (Å²) in [6.45, 7) is 5.11. The van der Waals surface area contributed by atoms with Crippen LogP contribution in [-0.2, 0) is 9.59 Å². The van der Waals surface area contributed by atoms with Gasteiger partial charge in [-0.2, -0.15) is 0 Å². The Labute approximate surface area is 137 Å². The van der Waals surface area contributed by atoms with Gasteiger partial charge in [-0.15, -0.1) is 0 Å². The lowest BCUT2D eigenvalue weighted by atomic mass is 9.91. The van der Waals surface area contributed by atoms with Gasteiger partial charge in [-0.05, 0) is 19.3 Å². The van der Waals surface area contributed by atoms with E-state index in [2.05, 4.69) is 0 Å². The number of nitrogens with zero attached hydrogens (tertiary/aromatic N) is 1. The van der Waals surface area contributed by atoms with E-state index < -0.39 is 11.9 Å². The third-order valence-electron chi connectivity index (χ3n) is 3.62. The molecule has 0 spiro atoms. The van der Waals surface area contributed by atoms with Gasteiger partial charge in [-0.25, -0.2) is 0 Å². The number of rotatable bonds is 10. The Morgan fingerprint density at radius 2 is 1.61 bits per heavy atom. The average Bonchev–Trinajstić information content (AvgIpc) is 2.55. The van der Waals surface area contributed by atoms with Gasteiger partial charge in [0.2, 0.25) is 5.91 Å². The van der Waals surface area contributed by atoms with E-state index in [0.29, 0.717) is 18.7 Å². The molecular formula is C18H25NO4. The van der Waals surface area contributed by atoms with Gasteiger partial charge in [0.05, 0.1) is 0 Å². The van der Waals surface area contributed by atoms with Crippen molar-refractivity contribution in [1.82, 2.24) is 4.90 Å². The molecule has 126 valence electrons. The van der Waals surface area contributed by atoms with Crippen LogP contribution in [0.2, 0.25) is 0 Å². The van der Waals surface area contributed by atoms with E-state index in [1.165, 1.54) is 0 Å². The fraction of sp³-hybridized carbons (Fsp3) is 0.500. The van der Waals surface area contributed by atoms with Crippen molar-refractivity contribution in [3.63, 3.8) is 0 Å². The summed E-state index contributed by atoms with van der Waals surface area (Å²) in [5.41, 5.74) is 0.448. The maximum absolute atomic E-state index is 12.8. The topological polar surface area (TPSA) is 74.7 Å². The van der Waals surface area contributed by atoms with Crippen molar-refractivity contribution in [2.75, 3.05) is 13.1 Å². The summed E-state index contributed by atoms with van der Waals surface area (Å²) in [6, 6.07) is 8.59. The number of hydrogen-bond acceptors (Lipinski definition) is 3. The first-order valence-electron chi connectivity index (χ1n) is 8.11. The summed E-state index contributed by atoms with van der Waals surface area (Å²) in [6.07, 6.45) is 1.45. The summed E-state index contributed by atoms with van der Waals surface area (Å²) in [5.74, 6) is -2.48. The zero-order chi connectivity index (χ0) is 17.2. The SMILES string of the molecule is CCCN(CCC)C(=O)C(CCC(=O)O)C(=O)c1ccccc1. The minimum Gasteiger partial charge on any atom is -0.481 e. The van der Waals surface area contributed by atoms with Crippen molar-refractivity contribution in [1.29, 1.82) is 0 Å². The van der Waals surface area contributed by atoms with Gasteiger partial charge in [0.25, 0.3) is 0 Å². The molecule has 0 heterocycles. The number of aliphatic carboxylic acids is 1. The van der Waals surface area contributed by atoms with Crippen LogP contribution in [0.25, 0.3) is 0 Å². The second kappa shape index (κ2) is 9.77. The van der Waals surface area contributed by atoms with Gasteiger partial charge in [0, 0.05) is 25.1 Å². The maximum atomic E-state index is 12.8. The molecule has 0 aliphatic rings. The third kappa shape index (κ3) is 5.85. The van der Waals surface area contributed by atoms with Crippen molar-refractivity contribution in [2.24, 2.45) is 5.92 Å². The normalized spacial score (nSPS) is 11.7. The minimum absolute atomic E-state index is 0.0336. The van der Waals surface area contributed by atoms with Crippen LogP contribution in [-0.4, -0.2) is 40.8 Å². The Bertz CT molecular complexity index is 521. The van der Waals surface area contributed by atoms with Gasteiger partial charge < -0.3 is 10.0 Å². The summed E-state index contributed by atoms with van der Waals surface area (Å²) >= 11 is 0. The van der Waals surface area contributed by atoms with Crippen molar-refractivity contribution in [2.45, 2.75) is 39.5 Å². The fourth-order valence-electron chi connectivity index (χ4n) is 2.53. The lowest BCUT2D eigenvalue weighted by Crippen LogP contribution is -2.40. The highest BCUT2D eigenvalue weighted by atomic mass is 16.4. The number of amides is 1. The maximum Gasteiger partial charge on any atom is 0.303 e. The fourth-order valence-corrected chi connectivity index (χ4v) is 2.53. The first-order chi connectivity index (χ1) is 11.0. The monoisotopic (exact) mass is 319 g/mol. The number of ketones is 1. The van der Waals surface area contributed by atoms with Gasteiger partial charge in [0.15, 0.2) is 5.78 Å². The smallest absolute Gasteiger partial charge is 0.303 e. The van der Waals surface area contributed by atoms with Crippen LogP contribution in [0, 0.1) is 5.92 Å². The van der Waals surface area contributed by atoms with Crippen molar-refractivity contribution < 1.29 is 19.5 Å². The van der Waals surface area contributed by atoms with Crippen molar-refractivity contribution in [3.8, 4) is 0 Å². The predicted molar refractivity (Wildman–Crippen MR) is 88.3 cm³/mol. The second-order valence-electron chi connectivity index (χ2n) is 5.54. The molecule has 1 atom stereocenters. The number of hydrogen-bond donors (Lipinski definition) is 1. The molecule has 1 rings (SSSR count). The lowest BCUT2D eigenvalue weighted by Gasteiger charge is -2.26. The van der Waals surface area contributed by atoms with E-state index in [4.69, 9.17) is 5.11 Å². The first-order valence-corrected chi connectivity index (χ1v) is 8.11. The molecule has 23 heavy (non-hydrogen) atoms. The zero-order valence-electron chi connectivity index (χ0n) is 13.8. The van der Waals surface area contributed by atoms with Gasteiger partial charge in [-0.3, -0.25) is 14.4 Å². The molecule has 1 aromatic rings. The zero-order valence-corrected chi connectivity index (χ0v) is 13.8. The van der Waals surface area contributed by atoms with Gasteiger partial charge >= 0.3 is 5.97 Å². The highest BCUT2D eigenvalue weighted by Gasteiger charge is 2.31. The van der Waals surface area contributed by atoms with E-state index in [-0.39, 0.29) is 24.5 Å². The lowest BCUT2D eigenvalue weighted by molar-refractivity contribution is -0.138. The van der Waals surface area contributed by atoms with Crippen molar-refractivity contribution in [3.05, 3.63) is 35.9 Å². The Balaban J connectivity index is 3.00. The molecule has 0 saturated heterocycles. The van der Waals surface area contributed by atoms with Gasteiger partial charge in [-0.1, -0.05) is 44.2 Å². The number of carboxylic acids is 1. The third-order valence-corrected chi connectivity index (χ3v) is 3.62. The number of carbonyl (C=O) groups is 3. The minimum atomic E-state index is -0.999. The molecule has 0 aliphatic carbocycles. The molecule has 0 aromatic heterocycles. The van der Waals surface area contributed by atoms with Crippen LogP contribution in [0.1, 0.15) is 49.9 Å². The van der Waals surface area contributed by atoms with E-state index in [9.17, 15) is 14.4 Å². The van der Waals surface area contributed by atoms with Crippen LogP contribution in [0.4, 0.5) is 0 Å². The molecule has 0 radical (unpaired) electrons. The van der Waals surface area contributed by atoms with E-state index in [1.54, 1.807) is 35.2 Å². The van der Waals surface area contributed by atoms with Crippen LogP contribution < -0.4 is 0 Å². The summed E-state index contributed by atoms with van der Waals surface area (Å²) in [7, 11) is 0. The van der Waals surface area contributed by atoms with Crippen LogP contribution >= 0.6 is 0 Å². The number of benzene rings is 1. The van der Waals surface area contributed by atoms with E-state index in [0.717, 1.165) is 12.8 Å². The second-order valence-corrected chi connectivity index (χ2v) is 5.54. The van der Waals surface area contributed by atoms with Crippen molar-refractivity contribution >= 4 is 17.7 Å². The highest BCUT2D eigenvalue weighted by molar-refractivity contribution is 6.10. The molecule has 1 amide bonds. The van der Waals surface area contributed by atoms with E-state index >= 15 is 0 Å². The number of Topliss-reactive ketones (excluding diaryl/α,β-unsaturated/α-hetero) is 1. The summed E-state index contributed by atoms with van der Waals surface area (Å²) in [5, 5.41) is 8.91. The Morgan fingerprint density at radius 3 is 2.09 bits per heavy atom. The van der Waals surface area contributed by atoms with Gasteiger partial charge in [0.1, 0.15) is 5.92 Å². The van der Waals surface area contributed by atoms with E-state index in [1.807, 2.05) is 13.8 Å². The standard InChI is InChI=1S/C18H25NO4/c1-3-12-19(13-4-2)18(23)15(10-11-16(20)21)17(22)14-8-6-5-7-9-14/h5-9,15H,3-4,10-13H2,1-2H3,(H,20,21). The molecule has 0 aliphatic heterocycles. The number of carbonyl (C=O) groups excluding carboxylic acids is 2. The van der Waals surface area contributed by atoms with Crippen LogP contribution in [0.15, 0.2) is 30.3 Å². The number of carboxylic acid groups (broad SMARTS) is 1. The Hall–Kier alpha value is -2.17. The molecule has 1 N–H and O–H groups in total. The molecule has 1 aromatic carbocycles. The molecule has 0 saturated carbocycles. The van der Waals surface area contributed by atoms with Crippen LogP contribution in [0.5, 0.6) is 0 Å². The largest absolute Gasteiger partial charge is 0.481 e. The Morgan fingerprint density at radius 1 is 1.04 bits per heavy atom. The molecule has 5 heteroatoms. The molecule has 5 nitrogen and oxygen atoms in total. The Kier molecular flexibility index (Phi) is 8.02. The summed E-state index contributed by atoms with van der Waals surface area (Å²) in [4.78, 5) is 38.0. The molecule has 1 unspecified atom stereocenters. The highest BCUT2D eigenvalue weighted by Crippen LogP contribution is 2.18. The summed E-state index contributed by atoms with van der Waals surface area (Å²) < 4.78 is 0. The molecule has 0 bridgehead atoms.